The zero-order valence-corrected chi connectivity index (χ0v) is 18.3. The first-order valence-electron chi connectivity index (χ1n) is 8.69. The Balaban J connectivity index is 2.25. The predicted molar refractivity (Wildman–Crippen MR) is 113 cm³/mol. The molecule has 0 fully saturated rings. The maximum Gasteiger partial charge on any atom is 0.319 e. The van der Waals surface area contributed by atoms with Crippen LogP contribution in [0.4, 0.5) is 0 Å². The van der Waals surface area contributed by atoms with Crippen molar-refractivity contribution >= 4 is 44.4 Å². The molecule has 0 saturated heterocycles. The van der Waals surface area contributed by atoms with E-state index in [9.17, 15) is 9.90 Å². The topological polar surface area (TPSA) is 68.0 Å². The van der Waals surface area contributed by atoms with Crippen LogP contribution in [0.3, 0.4) is 0 Å². The molecule has 0 amide bonds. The lowest BCUT2D eigenvalue weighted by molar-refractivity contribution is -0.138. The molecule has 7 heteroatoms. The first-order chi connectivity index (χ1) is 12.6. The van der Waals surface area contributed by atoms with Gasteiger partial charge in [-0.3, -0.25) is 9.36 Å². The second-order valence-electron chi connectivity index (χ2n) is 7.38. The molecule has 1 N–H and O–H groups in total. The quantitative estimate of drug-likeness (QED) is 0.517. The van der Waals surface area contributed by atoms with Crippen LogP contribution >= 0.6 is 27.7 Å². The van der Waals surface area contributed by atoms with Crippen LogP contribution in [0.15, 0.2) is 40.2 Å². The van der Waals surface area contributed by atoms with Gasteiger partial charge in [-0.2, -0.15) is 0 Å². The van der Waals surface area contributed by atoms with E-state index in [0.717, 1.165) is 16.6 Å². The predicted octanol–water partition coefficient (Wildman–Crippen LogP) is 5.57. The van der Waals surface area contributed by atoms with E-state index >= 15 is 0 Å². The fourth-order valence-corrected chi connectivity index (χ4v) is 4.42. The molecule has 0 spiro atoms. The molecule has 0 aliphatic carbocycles. The average Bonchev–Trinajstić information content (AvgIpc) is 2.93. The SMILES string of the molecule is Cc1ccc2c(C(C)C)ccc(-n3c(Br)nnc3SC(C)(C)C(=O)O)c2c1. The number of aromatic nitrogens is 3. The molecule has 142 valence electrons. The number of hydrogen-bond donors (Lipinski definition) is 1. The van der Waals surface area contributed by atoms with E-state index in [4.69, 9.17) is 0 Å². The summed E-state index contributed by atoms with van der Waals surface area (Å²) in [5.74, 6) is -0.498. The minimum Gasteiger partial charge on any atom is -0.480 e. The Morgan fingerprint density at radius 1 is 1.19 bits per heavy atom. The monoisotopic (exact) mass is 447 g/mol. The van der Waals surface area contributed by atoms with Crippen LogP contribution in [0.1, 0.15) is 44.7 Å². The summed E-state index contributed by atoms with van der Waals surface area (Å²) in [5, 5.41) is 20.7. The molecule has 27 heavy (non-hydrogen) atoms. The summed E-state index contributed by atoms with van der Waals surface area (Å²) in [7, 11) is 0. The van der Waals surface area contributed by atoms with Crippen molar-refractivity contribution in [2.75, 3.05) is 0 Å². The number of nitrogens with zero attached hydrogens (tertiary/aromatic N) is 3. The van der Waals surface area contributed by atoms with Crippen molar-refractivity contribution in [2.45, 2.75) is 50.4 Å². The van der Waals surface area contributed by atoms with Gasteiger partial charge >= 0.3 is 5.97 Å². The normalized spacial score (nSPS) is 12.1. The van der Waals surface area contributed by atoms with Gasteiger partial charge < -0.3 is 5.11 Å². The van der Waals surface area contributed by atoms with Gasteiger partial charge in [0.05, 0.1) is 5.69 Å². The highest BCUT2D eigenvalue weighted by atomic mass is 79.9. The first kappa shape index (κ1) is 19.9. The molecular formula is C20H22BrN3O2S. The van der Waals surface area contributed by atoms with Crippen molar-refractivity contribution in [3.05, 3.63) is 46.2 Å². The Morgan fingerprint density at radius 2 is 1.89 bits per heavy atom. The van der Waals surface area contributed by atoms with Crippen molar-refractivity contribution < 1.29 is 9.90 Å². The standard InChI is InChI=1S/C20H22BrN3O2S/c1-11(2)13-8-9-16(15-10-12(3)6-7-14(13)15)24-18(21)22-23-19(24)27-20(4,5)17(25)26/h6-11H,1-5H3,(H,25,26). The van der Waals surface area contributed by atoms with Crippen LogP contribution < -0.4 is 0 Å². The van der Waals surface area contributed by atoms with Gasteiger partial charge in [-0.05, 0) is 65.7 Å². The molecule has 3 aromatic rings. The number of carboxylic acids is 1. The molecule has 0 unspecified atom stereocenters. The maximum absolute atomic E-state index is 11.6. The third-order valence-corrected chi connectivity index (χ3v) is 6.15. The lowest BCUT2D eigenvalue weighted by Crippen LogP contribution is -2.27. The van der Waals surface area contributed by atoms with Gasteiger partial charge in [0.25, 0.3) is 0 Å². The van der Waals surface area contributed by atoms with Gasteiger partial charge in [0.1, 0.15) is 4.75 Å². The molecule has 0 saturated carbocycles. The molecule has 5 nitrogen and oxygen atoms in total. The van der Waals surface area contributed by atoms with E-state index in [0.29, 0.717) is 15.8 Å². The molecule has 0 aliphatic heterocycles. The largest absolute Gasteiger partial charge is 0.480 e. The highest BCUT2D eigenvalue weighted by Gasteiger charge is 2.32. The van der Waals surface area contributed by atoms with Gasteiger partial charge in [0.15, 0.2) is 5.16 Å². The van der Waals surface area contributed by atoms with Crippen molar-refractivity contribution in [3.8, 4) is 5.69 Å². The van der Waals surface area contributed by atoms with Crippen LogP contribution in [-0.4, -0.2) is 30.6 Å². The number of fused-ring (bicyclic) bond motifs is 1. The summed E-state index contributed by atoms with van der Waals surface area (Å²) in [6.45, 7) is 9.75. The Labute approximate surface area is 171 Å². The van der Waals surface area contributed by atoms with E-state index in [-0.39, 0.29) is 0 Å². The molecule has 1 aromatic heterocycles. The second kappa shape index (κ2) is 7.28. The summed E-state index contributed by atoms with van der Waals surface area (Å²) in [6, 6.07) is 10.6. The lowest BCUT2D eigenvalue weighted by atomic mass is 9.94. The number of benzene rings is 2. The van der Waals surface area contributed by atoms with Crippen LogP contribution in [-0.2, 0) is 4.79 Å². The number of carboxylic acid groups (broad SMARTS) is 1. The van der Waals surface area contributed by atoms with E-state index < -0.39 is 10.7 Å². The second-order valence-corrected chi connectivity index (χ2v) is 9.68. The van der Waals surface area contributed by atoms with Crippen molar-refractivity contribution in [2.24, 2.45) is 0 Å². The Bertz CT molecular complexity index is 1030. The number of hydrogen-bond acceptors (Lipinski definition) is 4. The summed E-state index contributed by atoms with van der Waals surface area (Å²) in [5.41, 5.74) is 3.37. The third kappa shape index (κ3) is 3.75. The summed E-state index contributed by atoms with van der Waals surface area (Å²) in [4.78, 5) is 11.6. The fourth-order valence-electron chi connectivity index (χ4n) is 2.96. The zero-order valence-electron chi connectivity index (χ0n) is 15.9. The van der Waals surface area contributed by atoms with Crippen molar-refractivity contribution in [1.29, 1.82) is 0 Å². The van der Waals surface area contributed by atoms with Gasteiger partial charge in [0.2, 0.25) is 4.73 Å². The van der Waals surface area contributed by atoms with Crippen LogP contribution in [0.2, 0.25) is 0 Å². The smallest absolute Gasteiger partial charge is 0.319 e. The Kier molecular flexibility index (Phi) is 5.36. The molecule has 0 radical (unpaired) electrons. The van der Waals surface area contributed by atoms with Crippen LogP contribution in [0.25, 0.3) is 16.5 Å². The molecule has 2 aromatic carbocycles. The van der Waals surface area contributed by atoms with E-state index in [1.165, 1.54) is 22.7 Å². The van der Waals surface area contributed by atoms with Crippen molar-refractivity contribution in [3.63, 3.8) is 0 Å². The van der Waals surface area contributed by atoms with E-state index in [1.807, 2.05) is 4.57 Å². The fraction of sp³-hybridized carbons (Fsp3) is 0.350. The minimum atomic E-state index is -1.02. The molecule has 1 heterocycles. The number of aryl methyl sites for hydroxylation is 1. The molecule has 3 rings (SSSR count). The number of carbonyl (C=O) groups is 1. The molecular weight excluding hydrogens is 426 g/mol. The van der Waals surface area contributed by atoms with Gasteiger partial charge in [0, 0.05) is 5.39 Å². The maximum atomic E-state index is 11.6. The number of thioether (sulfide) groups is 1. The summed E-state index contributed by atoms with van der Waals surface area (Å²) in [6.07, 6.45) is 0. The van der Waals surface area contributed by atoms with Gasteiger partial charge in [-0.15, -0.1) is 10.2 Å². The third-order valence-electron chi connectivity index (χ3n) is 4.50. The number of aliphatic carboxylic acids is 1. The number of rotatable bonds is 5. The summed E-state index contributed by atoms with van der Waals surface area (Å²) < 4.78 is 1.40. The minimum absolute atomic E-state index is 0.397. The van der Waals surface area contributed by atoms with Crippen LogP contribution in [0, 0.1) is 6.92 Å². The molecule has 0 aliphatic rings. The highest BCUT2D eigenvalue weighted by molar-refractivity contribution is 9.10. The Hall–Kier alpha value is -1.86. The lowest BCUT2D eigenvalue weighted by Gasteiger charge is -2.20. The molecule has 0 bridgehead atoms. The van der Waals surface area contributed by atoms with Crippen LogP contribution in [0.5, 0.6) is 0 Å². The zero-order chi connectivity index (χ0) is 19.9. The first-order valence-corrected chi connectivity index (χ1v) is 10.3. The Morgan fingerprint density at radius 3 is 2.52 bits per heavy atom. The van der Waals surface area contributed by atoms with E-state index in [1.54, 1.807) is 13.8 Å². The van der Waals surface area contributed by atoms with Gasteiger partial charge in [-0.25, -0.2) is 0 Å². The van der Waals surface area contributed by atoms with E-state index in [2.05, 4.69) is 77.2 Å². The average molecular weight is 448 g/mol. The molecule has 0 atom stereocenters. The van der Waals surface area contributed by atoms with Crippen molar-refractivity contribution in [1.82, 2.24) is 14.8 Å². The van der Waals surface area contributed by atoms with Gasteiger partial charge in [-0.1, -0.05) is 49.4 Å². The summed E-state index contributed by atoms with van der Waals surface area (Å²) >= 11 is 4.66. The number of halogens is 1. The highest BCUT2D eigenvalue weighted by Crippen LogP contribution is 2.37.